The average Bonchev–Trinajstić information content (AvgIpc) is 3.18. The molecule has 0 saturated heterocycles. The third kappa shape index (κ3) is 3.59. The van der Waals surface area contributed by atoms with Crippen LogP contribution in [0.25, 0.3) is 11.5 Å². The molecule has 0 aliphatic carbocycles. The zero-order chi connectivity index (χ0) is 18.5. The Morgan fingerprint density at radius 3 is 2.50 bits per heavy atom. The molecule has 3 rings (SSSR count). The summed E-state index contributed by atoms with van der Waals surface area (Å²) in [6.07, 6.45) is 0. The lowest BCUT2D eigenvalue weighted by atomic mass is 10.2. The number of benzene rings is 2. The van der Waals surface area contributed by atoms with Crippen LogP contribution in [-0.4, -0.2) is 37.4 Å². The molecular weight excluding hydrogens is 338 g/mol. The highest BCUT2D eigenvalue weighted by Crippen LogP contribution is 2.30. The molecule has 0 saturated carbocycles. The van der Waals surface area contributed by atoms with Gasteiger partial charge in [-0.25, -0.2) is 0 Å². The van der Waals surface area contributed by atoms with E-state index in [1.54, 1.807) is 49.6 Å². The van der Waals surface area contributed by atoms with E-state index in [0.717, 1.165) is 0 Å². The number of carbonyl (C=O) groups is 1. The molecule has 134 valence electrons. The first kappa shape index (κ1) is 17.3. The first-order valence-corrected chi connectivity index (χ1v) is 7.66. The molecule has 0 radical (unpaired) electrons. The minimum Gasteiger partial charge on any atom is -0.497 e. The predicted octanol–water partition coefficient (Wildman–Crippen LogP) is 3.01. The Balaban J connectivity index is 1.78. The van der Waals surface area contributed by atoms with Crippen LogP contribution in [0.5, 0.6) is 17.2 Å². The zero-order valence-corrected chi connectivity index (χ0v) is 14.5. The standard InChI is InChI=1S/C18H17N3O5/c1-23-13-6-4-5-11(9-13)17-20-21-18(26-17)16(22)19-12-7-8-14(24-2)15(10-12)25-3/h4-10H,1-3H3,(H,19,22). The highest BCUT2D eigenvalue weighted by Gasteiger charge is 2.17. The third-order valence-corrected chi connectivity index (χ3v) is 3.58. The molecule has 0 spiro atoms. The van der Waals surface area contributed by atoms with E-state index in [-0.39, 0.29) is 11.8 Å². The van der Waals surface area contributed by atoms with Crippen molar-refractivity contribution in [3.63, 3.8) is 0 Å². The second-order valence-electron chi connectivity index (χ2n) is 5.17. The number of nitrogens with zero attached hydrogens (tertiary/aromatic N) is 2. The maximum absolute atomic E-state index is 12.3. The fourth-order valence-electron chi connectivity index (χ4n) is 2.29. The summed E-state index contributed by atoms with van der Waals surface area (Å²) in [6.45, 7) is 0. The van der Waals surface area contributed by atoms with Crippen LogP contribution in [0.15, 0.2) is 46.9 Å². The first-order chi connectivity index (χ1) is 12.6. The van der Waals surface area contributed by atoms with E-state index in [2.05, 4.69) is 15.5 Å². The van der Waals surface area contributed by atoms with Gasteiger partial charge >= 0.3 is 11.8 Å². The van der Waals surface area contributed by atoms with Gasteiger partial charge in [0.25, 0.3) is 0 Å². The quantitative estimate of drug-likeness (QED) is 0.726. The van der Waals surface area contributed by atoms with Crippen LogP contribution in [0, 0.1) is 0 Å². The molecular formula is C18H17N3O5. The summed E-state index contributed by atoms with van der Waals surface area (Å²) in [5.74, 6) is 1.24. The molecule has 3 aromatic rings. The highest BCUT2D eigenvalue weighted by molar-refractivity contribution is 6.01. The summed E-state index contributed by atoms with van der Waals surface area (Å²) >= 11 is 0. The van der Waals surface area contributed by atoms with Crippen molar-refractivity contribution in [3.8, 4) is 28.7 Å². The average molecular weight is 355 g/mol. The van der Waals surface area contributed by atoms with E-state index in [4.69, 9.17) is 18.6 Å². The van der Waals surface area contributed by atoms with Gasteiger partial charge in [0.15, 0.2) is 11.5 Å². The lowest BCUT2D eigenvalue weighted by Crippen LogP contribution is -2.12. The fourth-order valence-corrected chi connectivity index (χ4v) is 2.29. The maximum atomic E-state index is 12.3. The number of carbonyl (C=O) groups excluding carboxylic acids is 1. The predicted molar refractivity (Wildman–Crippen MR) is 93.8 cm³/mol. The van der Waals surface area contributed by atoms with Gasteiger partial charge in [0.05, 0.1) is 21.3 Å². The largest absolute Gasteiger partial charge is 0.497 e. The maximum Gasteiger partial charge on any atom is 0.313 e. The van der Waals surface area contributed by atoms with E-state index >= 15 is 0 Å². The SMILES string of the molecule is COc1cccc(-c2nnc(C(=O)Nc3ccc(OC)c(OC)c3)o2)c1. The van der Waals surface area contributed by atoms with Crippen LogP contribution in [0.3, 0.4) is 0 Å². The molecule has 1 amide bonds. The molecule has 2 aromatic carbocycles. The number of aromatic nitrogens is 2. The Morgan fingerprint density at radius 2 is 1.77 bits per heavy atom. The van der Waals surface area contributed by atoms with Gasteiger partial charge in [-0.2, -0.15) is 0 Å². The molecule has 0 unspecified atom stereocenters. The van der Waals surface area contributed by atoms with Gasteiger partial charge < -0.3 is 23.9 Å². The summed E-state index contributed by atoms with van der Waals surface area (Å²) in [4.78, 5) is 12.3. The number of amides is 1. The van der Waals surface area contributed by atoms with Crippen molar-refractivity contribution in [1.29, 1.82) is 0 Å². The number of ether oxygens (including phenoxy) is 3. The molecule has 0 aliphatic rings. The minimum atomic E-state index is -0.529. The Hall–Kier alpha value is -3.55. The van der Waals surface area contributed by atoms with Gasteiger partial charge in [0.1, 0.15) is 5.75 Å². The van der Waals surface area contributed by atoms with Crippen molar-refractivity contribution in [2.75, 3.05) is 26.6 Å². The number of anilines is 1. The normalized spacial score (nSPS) is 10.3. The van der Waals surface area contributed by atoms with Gasteiger partial charge in [-0.15, -0.1) is 10.2 Å². The summed E-state index contributed by atoms with van der Waals surface area (Å²) in [5, 5.41) is 10.4. The van der Waals surface area contributed by atoms with E-state index in [9.17, 15) is 4.79 Å². The smallest absolute Gasteiger partial charge is 0.313 e. The highest BCUT2D eigenvalue weighted by atomic mass is 16.5. The van der Waals surface area contributed by atoms with Crippen molar-refractivity contribution < 1.29 is 23.4 Å². The van der Waals surface area contributed by atoms with Gasteiger partial charge in [-0.05, 0) is 30.3 Å². The Kier molecular flexibility index (Phi) is 5.02. The minimum absolute atomic E-state index is 0.155. The van der Waals surface area contributed by atoms with Crippen molar-refractivity contribution in [3.05, 3.63) is 48.4 Å². The van der Waals surface area contributed by atoms with Crippen LogP contribution in [-0.2, 0) is 0 Å². The van der Waals surface area contributed by atoms with Gasteiger partial charge in [-0.3, -0.25) is 4.79 Å². The monoisotopic (exact) mass is 355 g/mol. The second-order valence-corrected chi connectivity index (χ2v) is 5.17. The second kappa shape index (κ2) is 7.56. The number of methoxy groups -OCH3 is 3. The fraction of sp³-hybridized carbons (Fsp3) is 0.167. The van der Waals surface area contributed by atoms with Gasteiger partial charge in [0.2, 0.25) is 5.89 Å². The number of hydrogen-bond donors (Lipinski definition) is 1. The first-order valence-electron chi connectivity index (χ1n) is 7.66. The van der Waals surface area contributed by atoms with Crippen LogP contribution in [0.2, 0.25) is 0 Å². The molecule has 1 N–H and O–H groups in total. The molecule has 0 fully saturated rings. The Labute approximate surface area is 149 Å². The summed E-state index contributed by atoms with van der Waals surface area (Å²) < 4.78 is 21.0. The van der Waals surface area contributed by atoms with E-state index in [1.165, 1.54) is 14.2 Å². The molecule has 8 heteroatoms. The van der Waals surface area contributed by atoms with Crippen molar-refractivity contribution >= 4 is 11.6 Å². The number of hydrogen-bond acceptors (Lipinski definition) is 7. The Bertz CT molecular complexity index is 923. The molecule has 8 nitrogen and oxygen atoms in total. The topological polar surface area (TPSA) is 95.7 Å². The number of rotatable bonds is 6. The lowest BCUT2D eigenvalue weighted by Gasteiger charge is -2.09. The van der Waals surface area contributed by atoms with Crippen molar-refractivity contribution in [1.82, 2.24) is 10.2 Å². The molecule has 0 atom stereocenters. The van der Waals surface area contributed by atoms with Crippen molar-refractivity contribution in [2.45, 2.75) is 0 Å². The molecule has 0 aliphatic heterocycles. The van der Waals surface area contributed by atoms with E-state index < -0.39 is 5.91 Å². The van der Waals surface area contributed by atoms with Crippen LogP contribution < -0.4 is 19.5 Å². The molecule has 0 bridgehead atoms. The lowest BCUT2D eigenvalue weighted by molar-refractivity contribution is 0.0991. The van der Waals surface area contributed by atoms with Crippen molar-refractivity contribution in [2.24, 2.45) is 0 Å². The van der Waals surface area contributed by atoms with Crippen LogP contribution >= 0.6 is 0 Å². The summed E-state index contributed by atoms with van der Waals surface area (Å²) in [5.41, 5.74) is 1.16. The van der Waals surface area contributed by atoms with Gasteiger partial charge in [0, 0.05) is 17.3 Å². The van der Waals surface area contributed by atoms with Crippen LogP contribution in [0.1, 0.15) is 10.7 Å². The Morgan fingerprint density at radius 1 is 0.962 bits per heavy atom. The molecule has 26 heavy (non-hydrogen) atoms. The molecule has 1 heterocycles. The van der Waals surface area contributed by atoms with E-state index in [0.29, 0.717) is 28.5 Å². The third-order valence-electron chi connectivity index (χ3n) is 3.58. The molecule has 1 aromatic heterocycles. The van der Waals surface area contributed by atoms with E-state index in [1.807, 2.05) is 0 Å². The zero-order valence-electron chi connectivity index (χ0n) is 14.5. The van der Waals surface area contributed by atoms with Crippen LogP contribution in [0.4, 0.5) is 5.69 Å². The number of nitrogens with one attached hydrogen (secondary N) is 1. The summed E-state index contributed by atoms with van der Waals surface area (Å²) in [7, 11) is 4.62. The summed E-state index contributed by atoms with van der Waals surface area (Å²) in [6, 6.07) is 12.1. The van der Waals surface area contributed by atoms with Gasteiger partial charge in [-0.1, -0.05) is 6.07 Å².